The number of nitrogens with one attached hydrogen (secondary N) is 1. The molecule has 3 N–H and O–H groups in total. The molecule has 0 heterocycles. The van der Waals surface area contributed by atoms with Crippen LogP contribution in [0, 0.1) is 5.92 Å². The van der Waals surface area contributed by atoms with Gasteiger partial charge in [-0.15, -0.1) is 0 Å². The van der Waals surface area contributed by atoms with Gasteiger partial charge in [-0.3, -0.25) is 4.79 Å². The van der Waals surface area contributed by atoms with Gasteiger partial charge in [0.25, 0.3) is 0 Å². The SMILES string of the molecule is NCCNC(=O)CC1CCCC1. The minimum absolute atomic E-state index is 0.173. The monoisotopic (exact) mass is 170 g/mol. The molecule has 1 rings (SSSR count). The third kappa shape index (κ3) is 3.22. The topological polar surface area (TPSA) is 55.1 Å². The number of amides is 1. The molecular weight excluding hydrogens is 152 g/mol. The summed E-state index contributed by atoms with van der Waals surface area (Å²) in [6, 6.07) is 0. The molecule has 1 aliphatic carbocycles. The van der Waals surface area contributed by atoms with E-state index in [2.05, 4.69) is 5.32 Å². The fourth-order valence-electron chi connectivity index (χ4n) is 1.76. The molecule has 12 heavy (non-hydrogen) atoms. The standard InChI is InChI=1S/C9H18N2O/c10-5-6-11-9(12)7-8-3-1-2-4-8/h8H,1-7,10H2,(H,11,12). The first-order valence-electron chi connectivity index (χ1n) is 4.79. The third-order valence-electron chi connectivity index (χ3n) is 2.42. The first kappa shape index (κ1) is 9.52. The highest BCUT2D eigenvalue weighted by Crippen LogP contribution is 2.27. The van der Waals surface area contributed by atoms with E-state index in [0.717, 1.165) is 0 Å². The Labute approximate surface area is 73.7 Å². The molecule has 0 unspecified atom stereocenters. The molecule has 0 aromatic rings. The van der Waals surface area contributed by atoms with Gasteiger partial charge < -0.3 is 11.1 Å². The normalized spacial score (nSPS) is 18.1. The summed E-state index contributed by atoms with van der Waals surface area (Å²) in [5.74, 6) is 0.815. The van der Waals surface area contributed by atoms with Crippen LogP contribution in [-0.4, -0.2) is 19.0 Å². The predicted octanol–water partition coefficient (Wildman–Crippen LogP) is 0.642. The molecule has 0 aliphatic heterocycles. The maximum Gasteiger partial charge on any atom is 0.220 e. The van der Waals surface area contributed by atoms with Crippen molar-refractivity contribution in [3.8, 4) is 0 Å². The highest BCUT2D eigenvalue weighted by Gasteiger charge is 2.17. The van der Waals surface area contributed by atoms with E-state index in [9.17, 15) is 4.79 Å². The minimum atomic E-state index is 0.173. The van der Waals surface area contributed by atoms with Gasteiger partial charge in [0.05, 0.1) is 0 Å². The average molecular weight is 170 g/mol. The second-order valence-electron chi connectivity index (χ2n) is 3.49. The fraction of sp³-hybridized carbons (Fsp3) is 0.889. The van der Waals surface area contributed by atoms with E-state index in [1.807, 2.05) is 0 Å². The van der Waals surface area contributed by atoms with Gasteiger partial charge in [-0.25, -0.2) is 0 Å². The summed E-state index contributed by atoms with van der Waals surface area (Å²) in [5, 5.41) is 2.80. The van der Waals surface area contributed by atoms with Gasteiger partial charge in [0.2, 0.25) is 5.91 Å². The highest BCUT2D eigenvalue weighted by molar-refractivity contribution is 5.76. The summed E-state index contributed by atoms with van der Waals surface area (Å²) < 4.78 is 0. The van der Waals surface area contributed by atoms with Crippen LogP contribution in [0.1, 0.15) is 32.1 Å². The van der Waals surface area contributed by atoms with Crippen LogP contribution in [0.15, 0.2) is 0 Å². The van der Waals surface area contributed by atoms with Crippen molar-refractivity contribution in [3.63, 3.8) is 0 Å². The average Bonchev–Trinajstić information content (AvgIpc) is 2.53. The molecule has 0 aromatic carbocycles. The molecule has 0 bridgehead atoms. The van der Waals surface area contributed by atoms with E-state index in [0.29, 0.717) is 25.4 Å². The lowest BCUT2D eigenvalue weighted by atomic mass is 10.0. The van der Waals surface area contributed by atoms with Crippen LogP contribution in [0.2, 0.25) is 0 Å². The molecule has 70 valence electrons. The molecule has 3 nitrogen and oxygen atoms in total. The molecule has 0 aromatic heterocycles. The van der Waals surface area contributed by atoms with Crippen LogP contribution in [0.25, 0.3) is 0 Å². The summed E-state index contributed by atoms with van der Waals surface area (Å²) in [4.78, 5) is 11.2. The quantitative estimate of drug-likeness (QED) is 0.650. The molecule has 1 amide bonds. The smallest absolute Gasteiger partial charge is 0.220 e. The molecule has 0 spiro atoms. The van der Waals surface area contributed by atoms with Gasteiger partial charge in [-0.05, 0) is 18.8 Å². The highest BCUT2D eigenvalue weighted by atomic mass is 16.1. The fourth-order valence-corrected chi connectivity index (χ4v) is 1.76. The van der Waals surface area contributed by atoms with Crippen molar-refractivity contribution >= 4 is 5.91 Å². The molecular formula is C9H18N2O. The number of nitrogens with two attached hydrogens (primary N) is 1. The van der Waals surface area contributed by atoms with Gasteiger partial charge in [-0.1, -0.05) is 12.8 Å². The Balaban J connectivity index is 2.08. The van der Waals surface area contributed by atoms with Crippen molar-refractivity contribution in [1.29, 1.82) is 0 Å². The maximum atomic E-state index is 11.2. The second-order valence-corrected chi connectivity index (χ2v) is 3.49. The molecule has 1 fully saturated rings. The zero-order valence-corrected chi connectivity index (χ0v) is 7.51. The van der Waals surface area contributed by atoms with Crippen LogP contribution < -0.4 is 11.1 Å². The van der Waals surface area contributed by atoms with Crippen molar-refractivity contribution in [1.82, 2.24) is 5.32 Å². The van der Waals surface area contributed by atoms with Gasteiger partial charge in [0.1, 0.15) is 0 Å². The third-order valence-corrected chi connectivity index (χ3v) is 2.42. The summed E-state index contributed by atoms with van der Waals surface area (Å²) >= 11 is 0. The molecule has 1 aliphatic rings. The van der Waals surface area contributed by atoms with Crippen molar-refractivity contribution in [2.24, 2.45) is 11.7 Å². The number of carbonyl (C=O) groups is 1. The number of rotatable bonds is 4. The zero-order chi connectivity index (χ0) is 8.81. The van der Waals surface area contributed by atoms with Crippen LogP contribution in [0.3, 0.4) is 0 Å². The van der Waals surface area contributed by atoms with Gasteiger partial charge >= 0.3 is 0 Å². The number of hydrogen-bond acceptors (Lipinski definition) is 2. The Kier molecular flexibility index (Phi) is 4.08. The summed E-state index contributed by atoms with van der Waals surface area (Å²) in [6.07, 6.45) is 5.77. The van der Waals surface area contributed by atoms with Gasteiger partial charge in [0.15, 0.2) is 0 Å². The summed E-state index contributed by atoms with van der Waals surface area (Å²) in [5.41, 5.74) is 5.27. The van der Waals surface area contributed by atoms with Crippen molar-refractivity contribution in [2.45, 2.75) is 32.1 Å². The Morgan fingerprint density at radius 2 is 2.08 bits per heavy atom. The molecule has 0 radical (unpaired) electrons. The Bertz CT molecular complexity index is 141. The molecule has 1 saturated carbocycles. The summed E-state index contributed by atoms with van der Waals surface area (Å²) in [7, 11) is 0. The van der Waals surface area contributed by atoms with Crippen LogP contribution in [0.4, 0.5) is 0 Å². The number of carbonyl (C=O) groups excluding carboxylic acids is 1. The van der Waals surface area contributed by atoms with E-state index < -0.39 is 0 Å². The Morgan fingerprint density at radius 3 is 2.67 bits per heavy atom. The first-order valence-corrected chi connectivity index (χ1v) is 4.79. The van der Waals surface area contributed by atoms with E-state index >= 15 is 0 Å². The lowest BCUT2D eigenvalue weighted by Crippen LogP contribution is -2.30. The van der Waals surface area contributed by atoms with Crippen LogP contribution in [0.5, 0.6) is 0 Å². The Hall–Kier alpha value is -0.570. The predicted molar refractivity (Wildman–Crippen MR) is 48.6 cm³/mol. The van der Waals surface area contributed by atoms with Gasteiger partial charge in [0, 0.05) is 19.5 Å². The van der Waals surface area contributed by atoms with E-state index in [1.165, 1.54) is 25.7 Å². The minimum Gasteiger partial charge on any atom is -0.355 e. The van der Waals surface area contributed by atoms with E-state index in [4.69, 9.17) is 5.73 Å². The van der Waals surface area contributed by atoms with Gasteiger partial charge in [-0.2, -0.15) is 0 Å². The van der Waals surface area contributed by atoms with Crippen molar-refractivity contribution in [3.05, 3.63) is 0 Å². The number of hydrogen-bond donors (Lipinski definition) is 2. The van der Waals surface area contributed by atoms with Crippen molar-refractivity contribution < 1.29 is 4.79 Å². The summed E-state index contributed by atoms with van der Waals surface area (Å²) in [6.45, 7) is 1.15. The zero-order valence-electron chi connectivity index (χ0n) is 7.51. The second kappa shape index (κ2) is 5.14. The lowest BCUT2D eigenvalue weighted by Gasteiger charge is -2.08. The van der Waals surface area contributed by atoms with E-state index in [-0.39, 0.29) is 5.91 Å². The molecule has 0 atom stereocenters. The molecule has 3 heteroatoms. The van der Waals surface area contributed by atoms with Crippen LogP contribution >= 0.6 is 0 Å². The molecule has 0 saturated heterocycles. The first-order chi connectivity index (χ1) is 5.83. The largest absolute Gasteiger partial charge is 0.355 e. The maximum absolute atomic E-state index is 11.2. The van der Waals surface area contributed by atoms with E-state index in [1.54, 1.807) is 0 Å². The van der Waals surface area contributed by atoms with Crippen LogP contribution in [-0.2, 0) is 4.79 Å². The lowest BCUT2D eigenvalue weighted by molar-refractivity contribution is -0.121. The van der Waals surface area contributed by atoms with Crippen molar-refractivity contribution in [2.75, 3.05) is 13.1 Å². The Morgan fingerprint density at radius 1 is 1.42 bits per heavy atom.